The monoisotopic (exact) mass is 303 g/mol. The number of aromatic nitrogens is 1. The van der Waals surface area contributed by atoms with E-state index in [1.807, 2.05) is 17.0 Å². The number of likely N-dealkylation sites (tertiary alicyclic amines) is 1. The lowest BCUT2D eigenvalue weighted by molar-refractivity contribution is -0.137. The summed E-state index contributed by atoms with van der Waals surface area (Å²) in [6, 6.07) is 4.03. The molecule has 2 N–H and O–H groups in total. The molecule has 22 heavy (non-hydrogen) atoms. The van der Waals surface area contributed by atoms with Gasteiger partial charge in [-0.1, -0.05) is 0 Å². The van der Waals surface area contributed by atoms with Crippen LogP contribution < -0.4 is 5.73 Å². The standard InChI is InChI=1S/C16H25N5O/c1-19-6-2-3-14(19)16(22)21-9-7-20(8-10-21)12-13-4-5-18-15(17)11-13/h4-5,11,14H,2-3,6-10,12H2,1H3,(H2,17,18)/t14-/m0/s1. The molecule has 0 unspecified atom stereocenters. The molecule has 0 saturated carbocycles. The Kier molecular flexibility index (Phi) is 4.59. The fraction of sp³-hybridized carbons (Fsp3) is 0.625. The minimum atomic E-state index is 0.103. The number of hydrogen-bond donors (Lipinski definition) is 1. The molecule has 2 fully saturated rings. The lowest BCUT2D eigenvalue weighted by Crippen LogP contribution is -2.52. The number of rotatable bonds is 3. The van der Waals surface area contributed by atoms with Gasteiger partial charge in [0.15, 0.2) is 0 Å². The van der Waals surface area contributed by atoms with E-state index in [4.69, 9.17) is 5.73 Å². The number of piperazine rings is 1. The molecule has 120 valence electrons. The highest BCUT2D eigenvalue weighted by atomic mass is 16.2. The molecule has 2 aliphatic rings. The third-order valence-electron chi connectivity index (χ3n) is 4.74. The van der Waals surface area contributed by atoms with E-state index in [-0.39, 0.29) is 6.04 Å². The van der Waals surface area contributed by atoms with Crippen molar-refractivity contribution in [2.45, 2.75) is 25.4 Å². The van der Waals surface area contributed by atoms with Crippen LogP contribution in [0.1, 0.15) is 18.4 Å². The van der Waals surface area contributed by atoms with Crippen molar-refractivity contribution in [3.63, 3.8) is 0 Å². The average molecular weight is 303 g/mol. The summed E-state index contributed by atoms with van der Waals surface area (Å²) in [7, 11) is 2.06. The lowest BCUT2D eigenvalue weighted by atomic mass is 10.1. The molecule has 6 nitrogen and oxygen atoms in total. The van der Waals surface area contributed by atoms with Gasteiger partial charge in [0.2, 0.25) is 5.91 Å². The van der Waals surface area contributed by atoms with E-state index in [0.717, 1.165) is 52.1 Å². The topological polar surface area (TPSA) is 65.7 Å². The average Bonchev–Trinajstić information content (AvgIpc) is 2.93. The summed E-state index contributed by atoms with van der Waals surface area (Å²) in [6.07, 6.45) is 3.89. The number of pyridine rings is 1. The number of nitrogen functional groups attached to an aromatic ring is 1. The van der Waals surface area contributed by atoms with Gasteiger partial charge in [-0.2, -0.15) is 0 Å². The van der Waals surface area contributed by atoms with Gasteiger partial charge in [0, 0.05) is 38.9 Å². The van der Waals surface area contributed by atoms with Crippen LogP contribution in [0, 0.1) is 0 Å². The number of anilines is 1. The molecule has 0 aliphatic carbocycles. The van der Waals surface area contributed by atoms with Gasteiger partial charge in [0.05, 0.1) is 6.04 Å². The highest BCUT2D eigenvalue weighted by Crippen LogP contribution is 2.18. The van der Waals surface area contributed by atoms with Crippen molar-refractivity contribution >= 4 is 11.7 Å². The number of hydrogen-bond acceptors (Lipinski definition) is 5. The summed E-state index contributed by atoms with van der Waals surface area (Å²) in [5, 5.41) is 0. The predicted octanol–water partition coefficient (Wildman–Crippen LogP) is 0.402. The van der Waals surface area contributed by atoms with E-state index in [9.17, 15) is 4.79 Å². The minimum Gasteiger partial charge on any atom is -0.384 e. The predicted molar refractivity (Wildman–Crippen MR) is 86.2 cm³/mol. The normalized spacial score (nSPS) is 23.9. The van der Waals surface area contributed by atoms with E-state index in [2.05, 4.69) is 21.8 Å². The third kappa shape index (κ3) is 3.39. The van der Waals surface area contributed by atoms with E-state index in [1.54, 1.807) is 6.20 Å². The van der Waals surface area contributed by atoms with Gasteiger partial charge in [0.1, 0.15) is 5.82 Å². The molecule has 6 heteroatoms. The van der Waals surface area contributed by atoms with Gasteiger partial charge in [-0.05, 0) is 44.1 Å². The Morgan fingerprint density at radius 2 is 2.09 bits per heavy atom. The summed E-state index contributed by atoms with van der Waals surface area (Å²) in [6.45, 7) is 5.40. The molecular weight excluding hydrogens is 278 g/mol. The first kappa shape index (κ1) is 15.2. The van der Waals surface area contributed by atoms with Gasteiger partial charge >= 0.3 is 0 Å². The zero-order chi connectivity index (χ0) is 15.5. The molecular formula is C16H25N5O. The molecule has 1 aromatic rings. The lowest BCUT2D eigenvalue weighted by Gasteiger charge is -2.36. The van der Waals surface area contributed by atoms with Crippen molar-refractivity contribution in [3.8, 4) is 0 Å². The Morgan fingerprint density at radius 1 is 1.32 bits per heavy atom. The van der Waals surface area contributed by atoms with Gasteiger partial charge in [0.25, 0.3) is 0 Å². The third-order valence-corrected chi connectivity index (χ3v) is 4.74. The van der Waals surface area contributed by atoms with Crippen molar-refractivity contribution in [1.29, 1.82) is 0 Å². The van der Waals surface area contributed by atoms with Gasteiger partial charge < -0.3 is 10.6 Å². The molecule has 2 saturated heterocycles. The van der Waals surface area contributed by atoms with Crippen molar-refractivity contribution in [3.05, 3.63) is 23.9 Å². The van der Waals surface area contributed by atoms with E-state index in [1.165, 1.54) is 5.56 Å². The Balaban J connectivity index is 1.51. The summed E-state index contributed by atoms with van der Waals surface area (Å²) >= 11 is 0. The highest BCUT2D eigenvalue weighted by molar-refractivity contribution is 5.82. The maximum absolute atomic E-state index is 12.6. The zero-order valence-electron chi connectivity index (χ0n) is 13.2. The largest absolute Gasteiger partial charge is 0.384 e. The minimum absolute atomic E-state index is 0.103. The first-order valence-corrected chi connectivity index (χ1v) is 8.05. The molecule has 0 radical (unpaired) electrons. The smallest absolute Gasteiger partial charge is 0.240 e. The summed E-state index contributed by atoms with van der Waals surface area (Å²) in [5.74, 6) is 0.878. The molecule has 0 bridgehead atoms. The Labute approximate surface area is 131 Å². The molecule has 0 aromatic carbocycles. The van der Waals surface area contributed by atoms with Gasteiger partial charge in [-0.25, -0.2) is 4.98 Å². The van der Waals surface area contributed by atoms with Gasteiger partial charge in [-0.3, -0.25) is 14.6 Å². The summed E-state index contributed by atoms with van der Waals surface area (Å²) < 4.78 is 0. The number of likely N-dealkylation sites (N-methyl/N-ethyl adjacent to an activating group) is 1. The number of carbonyl (C=O) groups is 1. The van der Waals surface area contributed by atoms with Crippen LogP contribution >= 0.6 is 0 Å². The Morgan fingerprint density at radius 3 is 2.73 bits per heavy atom. The molecule has 2 aliphatic heterocycles. The molecule has 1 aromatic heterocycles. The van der Waals surface area contributed by atoms with Crippen molar-refractivity contribution in [2.24, 2.45) is 0 Å². The number of nitrogens with zero attached hydrogens (tertiary/aromatic N) is 4. The number of carbonyl (C=O) groups excluding carboxylic acids is 1. The molecule has 3 heterocycles. The fourth-order valence-corrected chi connectivity index (χ4v) is 3.41. The zero-order valence-corrected chi connectivity index (χ0v) is 13.2. The first-order chi connectivity index (χ1) is 10.6. The van der Waals surface area contributed by atoms with E-state index < -0.39 is 0 Å². The summed E-state index contributed by atoms with van der Waals surface area (Å²) in [5.41, 5.74) is 6.90. The second-order valence-electron chi connectivity index (χ2n) is 6.33. The fourth-order valence-electron chi connectivity index (χ4n) is 3.41. The number of amides is 1. The Bertz CT molecular complexity index is 527. The first-order valence-electron chi connectivity index (χ1n) is 8.05. The van der Waals surface area contributed by atoms with Crippen LogP contribution in [-0.4, -0.2) is 71.4 Å². The maximum Gasteiger partial charge on any atom is 0.240 e. The highest BCUT2D eigenvalue weighted by Gasteiger charge is 2.32. The SMILES string of the molecule is CN1CCC[C@H]1C(=O)N1CCN(Cc2ccnc(N)c2)CC1. The Hall–Kier alpha value is -1.66. The van der Waals surface area contributed by atoms with Crippen LogP contribution in [0.15, 0.2) is 18.3 Å². The number of nitrogens with two attached hydrogens (primary N) is 1. The maximum atomic E-state index is 12.6. The van der Waals surface area contributed by atoms with Crippen molar-refractivity contribution in [1.82, 2.24) is 19.7 Å². The molecule has 3 rings (SSSR count). The molecule has 1 atom stereocenters. The van der Waals surface area contributed by atoms with Crippen LogP contribution in [0.5, 0.6) is 0 Å². The van der Waals surface area contributed by atoms with E-state index in [0.29, 0.717) is 11.7 Å². The second-order valence-corrected chi connectivity index (χ2v) is 6.33. The second kappa shape index (κ2) is 6.62. The van der Waals surface area contributed by atoms with E-state index >= 15 is 0 Å². The van der Waals surface area contributed by atoms with Crippen LogP contribution in [0.2, 0.25) is 0 Å². The van der Waals surface area contributed by atoms with Crippen LogP contribution in [0.4, 0.5) is 5.82 Å². The molecule has 1 amide bonds. The van der Waals surface area contributed by atoms with Crippen molar-refractivity contribution < 1.29 is 4.79 Å². The van der Waals surface area contributed by atoms with Crippen molar-refractivity contribution in [2.75, 3.05) is 45.5 Å². The van der Waals surface area contributed by atoms with Crippen LogP contribution in [0.25, 0.3) is 0 Å². The van der Waals surface area contributed by atoms with Gasteiger partial charge in [-0.15, -0.1) is 0 Å². The quantitative estimate of drug-likeness (QED) is 0.876. The van der Waals surface area contributed by atoms with Crippen LogP contribution in [0.3, 0.4) is 0 Å². The summed E-state index contributed by atoms with van der Waals surface area (Å²) in [4.78, 5) is 23.2. The van der Waals surface area contributed by atoms with Crippen LogP contribution in [-0.2, 0) is 11.3 Å². The molecule has 0 spiro atoms.